The van der Waals surface area contributed by atoms with Crippen LogP contribution in [-0.2, 0) is 4.79 Å². The van der Waals surface area contributed by atoms with Crippen molar-refractivity contribution >= 4 is 17.3 Å². The van der Waals surface area contributed by atoms with Crippen molar-refractivity contribution in [3.63, 3.8) is 0 Å². The van der Waals surface area contributed by atoms with Gasteiger partial charge in [0.1, 0.15) is 5.69 Å². The highest BCUT2D eigenvalue weighted by Crippen LogP contribution is 2.34. The summed E-state index contributed by atoms with van der Waals surface area (Å²) in [5.41, 5.74) is 0.267. The Balaban J connectivity index is 2.81. The average Bonchev–Trinajstić information content (AvgIpc) is 2.44. The van der Waals surface area contributed by atoms with Crippen LogP contribution in [0.2, 0.25) is 0 Å². The number of amides is 1. The molecule has 1 N–H and O–H groups in total. The maximum absolute atomic E-state index is 11.5. The lowest BCUT2D eigenvalue weighted by atomic mass is 10.2. The highest BCUT2D eigenvalue weighted by molar-refractivity contribution is 5.76. The minimum atomic E-state index is -0.471. The summed E-state index contributed by atoms with van der Waals surface area (Å²) in [7, 11) is 3.34. The predicted molar refractivity (Wildman–Crippen MR) is 80.7 cm³/mol. The number of ether oxygens (including phenoxy) is 1. The number of nitro benzene ring substituents is 1. The molecule has 0 aliphatic heterocycles. The maximum Gasteiger partial charge on any atom is 0.333 e. The topological polar surface area (TPSA) is 84.7 Å². The molecule has 1 amide bonds. The average molecular weight is 295 g/mol. The zero-order valence-electron chi connectivity index (χ0n) is 12.6. The van der Waals surface area contributed by atoms with Gasteiger partial charge in [0.25, 0.3) is 0 Å². The van der Waals surface area contributed by atoms with Gasteiger partial charge < -0.3 is 15.0 Å². The Hall–Kier alpha value is -2.31. The lowest BCUT2D eigenvalue weighted by molar-refractivity contribution is -0.385. The van der Waals surface area contributed by atoms with E-state index < -0.39 is 4.92 Å². The van der Waals surface area contributed by atoms with Gasteiger partial charge in [-0.2, -0.15) is 0 Å². The van der Waals surface area contributed by atoms with Crippen molar-refractivity contribution in [1.29, 1.82) is 0 Å². The molecule has 0 unspecified atom stereocenters. The van der Waals surface area contributed by atoms with Gasteiger partial charge in [-0.1, -0.05) is 13.0 Å². The summed E-state index contributed by atoms with van der Waals surface area (Å²) in [6, 6.07) is 4.87. The fourth-order valence-corrected chi connectivity index (χ4v) is 1.71. The van der Waals surface area contributed by atoms with Gasteiger partial charge in [0.2, 0.25) is 5.91 Å². The molecule has 0 heterocycles. The molecule has 0 saturated heterocycles. The Labute approximate surface area is 124 Å². The van der Waals surface area contributed by atoms with Crippen LogP contribution in [0.15, 0.2) is 18.2 Å². The largest absolute Gasteiger partial charge is 0.487 e. The monoisotopic (exact) mass is 295 g/mol. The standard InChI is InChI=1S/C14H21N3O4/c1-4-10-21-12-7-5-6-11(14(12)17(19)20)15-9-8-13(18)16(2)3/h5-7,15H,4,8-10H2,1-3H3. The molecular formula is C14H21N3O4. The summed E-state index contributed by atoms with van der Waals surface area (Å²) in [5, 5.41) is 14.1. The molecule has 0 radical (unpaired) electrons. The van der Waals surface area contributed by atoms with Gasteiger partial charge in [-0.25, -0.2) is 0 Å². The molecule has 0 fully saturated rings. The van der Waals surface area contributed by atoms with E-state index in [9.17, 15) is 14.9 Å². The summed E-state index contributed by atoms with van der Waals surface area (Å²) < 4.78 is 5.40. The molecule has 7 nitrogen and oxygen atoms in total. The summed E-state index contributed by atoms with van der Waals surface area (Å²) in [6.45, 7) is 2.68. The van der Waals surface area contributed by atoms with Crippen molar-refractivity contribution in [1.82, 2.24) is 4.90 Å². The molecule has 21 heavy (non-hydrogen) atoms. The first-order valence-electron chi connectivity index (χ1n) is 6.81. The van der Waals surface area contributed by atoms with Crippen LogP contribution in [0.25, 0.3) is 0 Å². The Morgan fingerprint density at radius 2 is 2.14 bits per heavy atom. The molecule has 0 aliphatic rings. The van der Waals surface area contributed by atoms with Crippen LogP contribution in [0.3, 0.4) is 0 Å². The SMILES string of the molecule is CCCOc1cccc(NCCC(=O)N(C)C)c1[N+](=O)[O-]. The van der Waals surface area contributed by atoms with Crippen LogP contribution in [0.4, 0.5) is 11.4 Å². The highest BCUT2D eigenvalue weighted by atomic mass is 16.6. The van der Waals surface area contributed by atoms with Crippen molar-refractivity contribution in [2.24, 2.45) is 0 Å². The molecular weight excluding hydrogens is 274 g/mol. The number of nitro groups is 1. The Bertz CT molecular complexity index is 503. The number of rotatable bonds is 8. The van der Waals surface area contributed by atoms with E-state index >= 15 is 0 Å². The summed E-state index contributed by atoms with van der Waals surface area (Å²) >= 11 is 0. The van der Waals surface area contributed by atoms with Crippen LogP contribution < -0.4 is 10.1 Å². The third-order valence-corrected chi connectivity index (χ3v) is 2.80. The molecule has 0 bridgehead atoms. The molecule has 0 saturated carbocycles. The normalized spacial score (nSPS) is 10.0. The molecule has 1 aromatic carbocycles. The van der Waals surface area contributed by atoms with Gasteiger partial charge >= 0.3 is 5.69 Å². The lowest BCUT2D eigenvalue weighted by Crippen LogP contribution is -2.24. The Morgan fingerprint density at radius 1 is 1.43 bits per heavy atom. The highest BCUT2D eigenvalue weighted by Gasteiger charge is 2.20. The number of carbonyl (C=O) groups excluding carboxylic acids is 1. The molecule has 116 valence electrons. The first kappa shape index (κ1) is 16.7. The molecule has 0 spiro atoms. The quantitative estimate of drug-likeness (QED) is 0.587. The maximum atomic E-state index is 11.5. The first-order valence-corrected chi connectivity index (χ1v) is 6.81. The third-order valence-electron chi connectivity index (χ3n) is 2.80. The Morgan fingerprint density at radius 3 is 2.71 bits per heavy atom. The summed E-state index contributed by atoms with van der Waals surface area (Å²) in [5.74, 6) is 0.203. The number of nitrogens with zero attached hydrogens (tertiary/aromatic N) is 2. The van der Waals surface area contributed by atoms with Gasteiger partial charge in [0.05, 0.1) is 11.5 Å². The number of benzene rings is 1. The zero-order valence-corrected chi connectivity index (χ0v) is 12.6. The molecule has 0 atom stereocenters. The van der Waals surface area contributed by atoms with E-state index in [1.165, 1.54) is 4.90 Å². The number of hydrogen-bond donors (Lipinski definition) is 1. The predicted octanol–water partition coefficient (Wildman–Crippen LogP) is 2.27. The summed E-state index contributed by atoms with van der Waals surface area (Å²) in [6.07, 6.45) is 1.04. The second-order valence-corrected chi connectivity index (χ2v) is 4.72. The van der Waals surface area contributed by atoms with Gasteiger partial charge in [-0.05, 0) is 18.6 Å². The number of para-hydroxylation sites is 1. The molecule has 1 aromatic rings. The molecule has 7 heteroatoms. The van der Waals surface area contributed by atoms with Crippen LogP contribution in [0.5, 0.6) is 5.75 Å². The van der Waals surface area contributed by atoms with Crippen molar-refractivity contribution in [3.8, 4) is 5.75 Å². The smallest absolute Gasteiger partial charge is 0.333 e. The number of hydrogen-bond acceptors (Lipinski definition) is 5. The van der Waals surface area contributed by atoms with E-state index in [-0.39, 0.29) is 23.8 Å². The van der Waals surface area contributed by atoms with E-state index in [1.54, 1.807) is 32.3 Å². The fourth-order valence-electron chi connectivity index (χ4n) is 1.71. The van der Waals surface area contributed by atoms with Gasteiger partial charge in [0, 0.05) is 27.1 Å². The zero-order chi connectivity index (χ0) is 15.8. The first-order chi connectivity index (χ1) is 9.97. The van der Waals surface area contributed by atoms with Crippen LogP contribution in [0.1, 0.15) is 19.8 Å². The van der Waals surface area contributed by atoms with Crippen molar-refractivity contribution in [3.05, 3.63) is 28.3 Å². The van der Waals surface area contributed by atoms with E-state index in [1.807, 2.05) is 6.92 Å². The fraction of sp³-hybridized carbons (Fsp3) is 0.500. The minimum absolute atomic E-state index is 0.0384. The van der Waals surface area contributed by atoms with Gasteiger partial charge in [-0.3, -0.25) is 14.9 Å². The van der Waals surface area contributed by atoms with Crippen LogP contribution in [-0.4, -0.2) is 43.0 Å². The van der Waals surface area contributed by atoms with Crippen LogP contribution in [0, 0.1) is 10.1 Å². The molecule has 0 aromatic heterocycles. The van der Waals surface area contributed by atoms with Gasteiger partial charge in [0.15, 0.2) is 5.75 Å². The molecule has 0 aliphatic carbocycles. The summed E-state index contributed by atoms with van der Waals surface area (Å²) in [4.78, 5) is 23.7. The van der Waals surface area contributed by atoms with Crippen molar-refractivity contribution in [2.45, 2.75) is 19.8 Å². The number of carbonyl (C=O) groups is 1. The molecule has 1 rings (SSSR count). The second-order valence-electron chi connectivity index (χ2n) is 4.72. The second kappa shape index (κ2) is 8.08. The lowest BCUT2D eigenvalue weighted by Gasteiger charge is -2.12. The van der Waals surface area contributed by atoms with Gasteiger partial charge in [-0.15, -0.1) is 0 Å². The number of nitrogens with one attached hydrogen (secondary N) is 1. The van der Waals surface area contributed by atoms with Crippen LogP contribution >= 0.6 is 0 Å². The Kier molecular flexibility index (Phi) is 6.45. The third kappa shape index (κ3) is 4.94. The van der Waals surface area contributed by atoms with Crippen molar-refractivity contribution in [2.75, 3.05) is 32.6 Å². The minimum Gasteiger partial charge on any atom is -0.487 e. The van der Waals surface area contributed by atoms with E-state index in [4.69, 9.17) is 4.74 Å². The van der Waals surface area contributed by atoms with E-state index in [0.717, 1.165) is 6.42 Å². The van der Waals surface area contributed by atoms with Crippen molar-refractivity contribution < 1.29 is 14.5 Å². The van der Waals surface area contributed by atoms with E-state index in [0.29, 0.717) is 18.8 Å². The number of anilines is 1. The van der Waals surface area contributed by atoms with E-state index in [2.05, 4.69) is 5.32 Å².